The van der Waals surface area contributed by atoms with Crippen molar-refractivity contribution in [1.82, 2.24) is 10.6 Å². The van der Waals surface area contributed by atoms with Crippen LogP contribution in [0.2, 0.25) is 0 Å². The van der Waals surface area contributed by atoms with Crippen LogP contribution >= 0.6 is 0 Å². The predicted molar refractivity (Wildman–Crippen MR) is 62.3 cm³/mol. The largest absolute Gasteiger partial charge is 0.450 e. The Hall–Kier alpha value is -1.82. The average molecular weight is 277 g/mol. The zero-order valence-corrected chi connectivity index (χ0v) is 10.9. The lowest BCUT2D eigenvalue weighted by Crippen LogP contribution is -2.50. The molecule has 8 nitrogen and oxygen atoms in total. The van der Waals surface area contributed by atoms with Gasteiger partial charge in [-0.2, -0.15) is 5.26 Å². The number of hydrogen-bond donors (Lipinski definition) is 2. The van der Waals surface area contributed by atoms with Crippen LogP contribution in [0.1, 0.15) is 6.92 Å². The molecular formula is C9H15N3O5S. The molecule has 1 unspecified atom stereocenters. The van der Waals surface area contributed by atoms with Gasteiger partial charge in [0.1, 0.15) is 22.4 Å². The predicted octanol–water partition coefficient (Wildman–Crippen LogP) is -1.21. The molecule has 0 saturated heterocycles. The molecule has 1 atom stereocenters. The second kappa shape index (κ2) is 7.50. The molecule has 0 aromatic carbocycles. The summed E-state index contributed by atoms with van der Waals surface area (Å²) in [4.78, 5) is 22.7. The molecule has 2 amide bonds. The van der Waals surface area contributed by atoms with Crippen LogP contribution in [-0.2, 0) is 19.4 Å². The summed E-state index contributed by atoms with van der Waals surface area (Å²) in [7, 11) is -3.47. The van der Waals surface area contributed by atoms with Crippen LogP contribution in [-0.4, -0.2) is 51.6 Å². The van der Waals surface area contributed by atoms with Gasteiger partial charge in [-0.25, -0.2) is 13.2 Å². The van der Waals surface area contributed by atoms with Crippen LogP contribution in [0.25, 0.3) is 0 Å². The summed E-state index contributed by atoms with van der Waals surface area (Å²) in [5.41, 5.74) is 0. The number of nitrogens with zero attached hydrogens (tertiary/aromatic N) is 1. The van der Waals surface area contributed by atoms with E-state index in [0.717, 1.165) is 6.26 Å². The second-order valence-corrected chi connectivity index (χ2v) is 5.57. The summed E-state index contributed by atoms with van der Waals surface area (Å²) >= 11 is 0. The normalized spacial score (nSPS) is 12.1. The van der Waals surface area contributed by atoms with Crippen molar-refractivity contribution in [3.05, 3.63) is 0 Å². The van der Waals surface area contributed by atoms with Crippen molar-refractivity contribution in [2.45, 2.75) is 13.0 Å². The Morgan fingerprint density at radius 2 is 2.06 bits per heavy atom. The Balaban J connectivity index is 4.67. The fraction of sp³-hybridized carbons (Fsp3) is 0.667. The number of sulfone groups is 1. The van der Waals surface area contributed by atoms with E-state index in [1.807, 2.05) is 0 Å². The van der Waals surface area contributed by atoms with Gasteiger partial charge in [0, 0.05) is 6.26 Å². The van der Waals surface area contributed by atoms with E-state index in [1.54, 1.807) is 13.0 Å². The molecule has 0 aromatic rings. The molecule has 0 rings (SSSR count). The number of alkyl carbamates (subject to hydrolysis) is 1. The first-order valence-electron chi connectivity index (χ1n) is 5.05. The Kier molecular flexibility index (Phi) is 6.74. The van der Waals surface area contributed by atoms with E-state index in [4.69, 9.17) is 5.26 Å². The van der Waals surface area contributed by atoms with Crippen LogP contribution in [0.15, 0.2) is 0 Å². The van der Waals surface area contributed by atoms with Crippen LogP contribution in [0.3, 0.4) is 0 Å². The van der Waals surface area contributed by atoms with Gasteiger partial charge in [-0.3, -0.25) is 4.79 Å². The highest BCUT2D eigenvalue weighted by molar-refractivity contribution is 7.90. The maximum Gasteiger partial charge on any atom is 0.407 e. The van der Waals surface area contributed by atoms with Gasteiger partial charge in [0.05, 0.1) is 18.4 Å². The number of carbonyl (C=O) groups is 2. The first-order chi connectivity index (χ1) is 8.30. The van der Waals surface area contributed by atoms with Gasteiger partial charge in [0.2, 0.25) is 5.91 Å². The van der Waals surface area contributed by atoms with E-state index in [1.165, 1.54) is 0 Å². The zero-order valence-electron chi connectivity index (χ0n) is 10.1. The molecule has 0 aliphatic heterocycles. The molecule has 2 N–H and O–H groups in total. The smallest absolute Gasteiger partial charge is 0.407 e. The van der Waals surface area contributed by atoms with E-state index in [-0.39, 0.29) is 13.2 Å². The molecule has 18 heavy (non-hydrogen) atoms. The molecule has 0 saturated carbocycles. The van der Waals surface area contributed by atoms with E-state index in [0.29, 0.717) is 0 Å². The number of ether oxygens (including phenoxy) is 1. The first-order valence-corrected chi connectivity index (χ1v) is 7.12. The SMILES string of the molecule is CCOC(=O)NC(CS(C)(=O)=O)C(=O)NCC#N. The molecule has 0 aliphatic rings. The topological polar surface area (TPSA) is 125 Å². The van der Waals surface area contributed by atoms with Gasteiger partial charge in [0.15, 0.2) is 0 Å². The molecular weight excluding hydrogens is 262 g/mol. The number of carbonyl (C=O) groups excluding carboxylic acids is 2. The van der Waals surface area contributed by atoms with Crippen LogP contribution < -0.4 is 10.6 Å². The Morgan fingerprint density at radius 1 is 1.44 bits per heavy atom. The molecule has 0 spiro atoms. The number of hydrogen-bond acceptors (Lipinski definition) is 6. The molecule has 0 bridgehead atoms. The summed E-state index contributed by atoms with van der Waals surface area (Å²) in [6, 6.07) is 0.385. The lowest BCUT2D eigenvalue weighted by Gasteiger charge is -2.16. The third-order valence-corrected chi connectivity index (χ3v) is 2.63. The highest BCUT2D eigenvalue weighted by Gasteiger charge is 2.25. The van der Waals surface area contributed by atoms with Crippen molar-refractivity contribution in [2.75, 3.05) is 25.2 Å². The maximum absolute atomic E-state index is 11.5. The van der Waals surface area contributed by atoms with Crippen molar-refractivity contribution in [1.29, 1.82) is 5.26 Å². The van der Waals surface area contributed by atoms with Gasteiger partial charge >= 0.3 is 6.09 Å². The van der Waals surface area contributed by atoms with E-state index >= 15 is 0 Å². The molecule has 9 heteroatoms. The number of nitriles is 1. The van der Waals surface area contributed by atoms with Crippen molar-refractivity contribution in [3.8, 4) is 6.07 Å². The number of nitrogens with one attached hydrogen (secondary N) is 2. The van der Waals surface area contributed by atoms with E-state index < -0.39 is 33.6 Å². The van der Waals surface area contributed by atoms with Crippen molar-refractivity contribution >= 4 is 21.8 Å². The fourth-order valence-electron chi connectivity index (χ4n) is 1.05. The van der Waals surface area contributed by atoms with E-state index in [9.17, 15) is 18.0 Å². The molecule has 102 valence electrons. The molecule has 0 radical (unpaired) electrons. The summed E-state index contributed by atoms with van der Waals surface area (Å²) in [5.74, 6) is -1.32. The number of rotatable bonds is 6. The summed E-state index contributed by atoms with van der Waals surface area (Å²) in [6.07, 6.45) is 0.0444. The zero-order chi connectivity index (χ0) is 14.2. The lowest BCUT2D eigenvalue weighted by molar-refractivity contribution is -0.122. The highest BCUT2D eigenvalue weighted by Crippen LogP contribution is 1.94. The van der Waals surface area contributed by atoms with E-state index in [2.05, 4.69) is 15.4 Å². The minimum absolute atomic E-state index is 0.0945. The third kappa shape index (κ3) is 7.45. The van der Waals surface area contributed by atoms with Crippen LogP contribution in [0.4, 0.5) is 4.79 Å². The van der Waals surface area contributed by atoms with Crippen molar-refractivity contribution in [3.63, 3.8) is 0 Å². The molecule has 0 fully saturated rings. The lowest BCUT2D eigenvalue weighted by atomic mass is 10.3. The van der Waals surface area contributed by atoms with Crippen LogP contribution in [0, 0.1) is 11.3 Å². The Bertz CT molecular complexity index is 440. The van der Waals surface area contributed by atoms with Crippen molar-refractivity contribution in [2.24, 2.45) is 0 Å². The highest BCUT2D eigenvalue weighted by atomic mass is 32.2. The second-order valence-electron chi connectivity index (χ2n) is 3.39. The Labute approximate surface area is 105 Å². The fourth-order valence-corrected chi connectivity index (χ4v) is 1.89. The maximum atomic E-state index is 11.5. The summed E-state index contributed by atoms with van der Waals surface area (Å²) in [5, 5.41) is 12.6. The average Bonchev–Trinajstić information content (AvgIpc) is 2.23. The van der Waals surface area contributed by atoms with Crippen molar-refractivity contribution < 1.29 is 22.7 Å². The standard InChI is InChI=1S/C9H15N3O5S/c1-3-17-9(14)12-7(6-18(2,15)16)8(13)11-5-4-10/h7H,3,5-6H2,1-2H3,(H,11,13)(H,12,14). The minimum Gasteiger partial charge on any atom is -0.450 e. The van der Waals surface area contributed by atoms with Crippen LogP contribution in [0.5, 0.6) is 0 Å². The Morgan fingerprint density at radius 3 is 2.50 bits per heavy atom. The van der Waals surface area contributed by atoms with Gasteiger partial charge in [0.25, 0.3) is 0 Å². The quantitative estimate of drug-likeness (QED) is 0.586. The third-order valence-electron chi connectivity index (χ3n) is 1.70. The molecule has 0 aliphatic carbocycles. The van der Waals surface area contributed by atoms with Gasteiger partial charge in [-0.1, -0.05) is 0 Å². The monoisotopic (exact) mass is 277 g/mol. The minimum atomic E-state index is -3.47. The van der Waals surface area contributed by atoms with Gasteiger partial charge in [-0.05, 0) is 6.92 Å². The van der Waals surface area contributed by atoms with Gasteiger partial charge in [-0.15, -0.1) is 0 Å². The summed E-state index contributed by atoms with van der Waals surface area (Å²) in [6.45, 7) is 1.39. The van der Waals surface area contributed by atoms with Gasteiger partial charge < -0.3 is 15.4 Å². The summed E-state index contributed by atoms with van der Waals surface area (Å²) < 4.78 is 26.8. The first kappa shape index (κ1) is 16.2. The number of amides is 2. The molecule has 0 aromatic heterocycles. The molecule has 0 heterocycles.